The normalized spacial score (nSPS) is 19.5. The molecule has 2 atom stereocenters. The highest BCUT2D eigenvalue weighted by molar-refractivity contribution is 5.79. The maximum atomic E-state index is 14.5. The molecule has 1 N–H and O–H groups in total. The van der Waals surface area contributed by atoms with E-state index in [9.17, 15) is 13.6 Å². The van der Waals surface area contributed by atoms with Crippen LogP contribution in [0.15, 0.2) is 48.5 Å². The standard InChI is InChI=1S/C21H24F2N2O2/c1-27-18-8-4-15(5-9-18)12-21(26)25(20-10-11-24-13-19(20)23)14-16-2-6-17(22)7-3-16/h2-9,19-20,24H,10-14H2,1H3/t19-,20+/m1/s1. The predicted molar refractivity (Wildman–Crippen MR) is 99.8 cm³/mol. The fourth-order valence-corrected chi connectivity index (χ4v) is 3.35. The Hall–Kier alpha value is -2.47. The van der Waals surface area contributed by atoms with Gasteiger partial charge in [0.25, 0.3) is 0 Å². The average Bonchev–Trinajstić information content (AvgIpc) is 2.69. The summed E-state index contributed by atoms with van der Waals surface area (Å²) in [6, 6.07) is 12.8. The minimum atomic E-state index is -1.13. The van der Waals surface area contributed by atoms with Crippen molar-refractivity contribution < 1.29 is 18.3 Å². The van der Waals surface area contributed by atoms with Gasteiger partial charge in [-0.2, -0.15) is 0 Å². The lowest BCUT2D eigenvalue weighted by atomic mass is 10.0. The van der Waals surface area contributed by atoms with Gasteiger partial charge in [0, 0.05) is 13.1 Å². The SMILES string of the molecule is COc1ccc(CC(=O)N(Cc2ccc(F)cc2)[C@H]2CCNC[C@H]2F)cc1. The molecule has 0 aliphatic carbocycles. The summed E-state index contributed by atoms with van der Waals surface area (Å²) in [5, 5.41) is 3.02. The van der Waals surface area contributed by atoms with Crippen LogP contribution in [0.1, 0.15) is 17.5 Å². The first-order valence-electron chi connectivity index (χ1n) is 9.08. The van der Waals surface area contributed by atoms with E-state index in [2.05, 4.69) is 5.32 Å². The van der Waals surface area contributed by atoms with Gasteiger partial charge in [-0.05, 0) is 48.4 Å². The molecule has 0 saturated carbocycles. The number of hydrogen-bond acceptors (Lipinski definition) is 3. The Labute approximate surface area is 158 Å². The first-order valence-corrected chi connectivity index (χ1v) is 9.08. The van der Waals surface area contributed by atoms with Gasteiger partial charge in [0.2, 0.25) is 5.91 Å². The van der Waals surface area contributed by atoms with E-state index in [0.29, 0.717) is 13.0 Å². The molecule has 0 bridgehead atoms. The van der Waals surface area contributed by atoms with Crippen molar-refractivity contribution in [2.24, 2.45) is 0 Å². The van der Waals surface area contributed by atoms with Crippen molar-refractivity contribution in [2.75, 3.05) is 20.2 Å². The quantitative estimate of drug-likeness (QED) is 0.845. The topological polar surface area (TPSA) is 41.6 Å². The molecule has 3 rings (SSSR count). The van der Waals surface area contributed by atoms with Crippen molar-refractivity contribution in [3.63, 3.8) is 0 Å². The molecule has 2 aromatic rings. The summed E-state index contributed by atoms with van der Waals surface area (Å²) in [4.78, 5) is 14.6. The number of alkyl halides is 1. The van der Waals surface area contributed by atoms with Gasteiger partial charge in [-0.3, -0.25) is 4.79 Å². The third-order valence-corrected chi connectivity index (χ3v) is 4.87. The molecule has 1 aliphatic rings. The second-order valence-electron chi connectivity index (χ2n) is 6.75. The van der Waals surface area contributed by atoms with Crippen molar-refractivity contribution in [1.82, 2.24) is 10.2 Å². The maximum Gasteiger partial charge on any atom is 0.227 e. The number of benzene rings is 2. The molecule has 1 saturated heterocycles. The van der Waals surface area contributed by atoms with Crippen LogP contribution >= 0.6 is 0 Å². The Bertz CT molecular complexity index is 750. The summed E-state index contributed by atoms with van der Waals surface area (Å²) >= 11 is 0. The van der Waals surface area contributed by atoms with Crippen molar-refractivity contribution in [2.45, 2.75) is 31.6 Å². The molecule has 1 aliphatic heterocycles. The van der Waals surface area contributed by atoms with Gasteiger partial charge < -0.3 is 15.0 Å². The molecule has 6 heteroatoms. The number of nitrogens with zero attached hydrogens (tertiary/aromatic N) is 1. The fourth-order valence-electron chi connectivity index (χ4n) is 3.35. The molecule has 1 fully saturated rings. The third-order valence-electron chi connectivity index (χ3n) is 4.87. The average molecular weight is 374 g/mol. The summed E-state index contributed by atoms with van der Waals surface area (Å²) in [5.41, 5.74) is 1.62. The number of carbonyl (C=O) groups is 1. The largest absolute Gasteiger partial charge is 0.497 e. The summed E-state index contributed by atoms with van der Waals surface area (Å²) < 4.78 is 32.9. The zero-order chi connectivity index (χ0) is 19.2. The van der Waals surface area contributed by atoms with Crippen LogP contribution in [0.4, 0.5) is 8.78 Å². The van der Waals surface area contributed by atoms with Crippen LogP contribution in [0, 0.1) is 5.82 Å². The lowest BCUT2D eigenvalue weighted by Gasteiger charge is -2.37. The zero-order valence-corrected chi connectivity index (χ0v) is 15.3. The van der Waals surface area contributed by atoms with E-state index in [1.165, 1.54) is 12.1 Å². The number of amides is 1. The van der Waals surface area contributed by atoms with Gasteiger partial charge >= 0.3 is 0 Å². The third kappa shape index (κ3) is 5.04. The first kappa shape index (κ1) is 19.3. The van der Waals surface area contributed by atoms with Crippen molar-refractivity contribution in [3.8, 4) is 5.75 Å². The van der Waals surface area contributed by atoms with E-state index in [-0.39, 0.29) is 31.2 Å². The van der Waals surface area contributed by atoms with Crippen LogP contribution in [0.3, 0.4) is 0 Å². The highest BCUT2D eigenvalue weighted by Gasteiger charge is 2.33. The molecular formula is C21H24F2N2O2. The first-order chi connectivity index (χ1) is 13.1. The molecular weight excluding hydrogens is 350 g/mol. The fraction of sp³-hybridized carbons (Fsp3) is 0.381. The highest BCUT2D eigenvalue weighted by atomic mass is 19.1. The van der Waals surface area contributed by atoms with Crippen LogP contribution in [-0.2, 0) is 17.8 Å². The maximum absolute atomic E-state index is 14.5. The summed E-state index contributed by atoms with van der Waals surface area (Å²) in [6.45, 7) is 1.17. The Kier molecular flexibility index (Phi) is 6.40. The van der Waals surface area contributed by atoms with E-state index < -0.39 is 12.2 Å². The molecule has 144 valence electrons. The Morgan fingerprint density at radius 3 is 2.44 bits per heavy atom. The molecule has 0 aromatic heterocycles. The predicted octanol–water partition coefficient (Wildman–Crippen LogP) is 3.11. The Balaban J connectivity index is 1.78. The van der Waals surface area contributed by atoms with E-state index in [4.69, 9.17) is 4.74 Å². The van der Waals surface area contributed by atoms with Crippen LogP contribution in [0.2, 0.25) is 0 Å². The Morgan fingerprint density at radius 1 is 1.15 bits per heavy atom. The zero-order valence-electron chi connectivity index (χ0n) is 15.3. The minimum Gasteiger partial charge on any atom is -0.497 e. The van der Waals surface area contributed by atoms with Crippen molar-refractivity contribution in [1.29, 1.82) is 0 Å². The van der Waals surface area contributed by atoms with Gasteiger partial charge in [-0.15, -0.1) is 0 Å². The monoisotopic (exact) mass is 374 g/mol. The molecule has 1 heterocycles. The lowest BCUT2D eigenvalue weighted by molar-refractivity contribution is -0.135. The van der Waals surface area contributed by atoms with Gasteiger partial charge in [0.1, 0.15) is 17.7 Å². The van der Waals surface area contributed by atoms with Crippen molar-refractivity contribution in [3.05, 3.63) is 65.5 Å². The second kappa shape index (κ2) is 8.95. The number of nitrogens with one attached hydrogen (secondary N) is 1. The molecule has 0 spiro atoms. The molecule has 2 aromatic carbocycles. The van der Waals surface area contributed by atoms with Gasteiger partial charge in [0.15, 0.2) is 0 Å². The molecule has 0 unspecified atom stereocenters. The number of hydrogen-bond donors (Lipinski definition) is 1. The van der Waals surface area contributed by atoms with Gasteiger partial charge in [-0.25, -0.2) is 8.78 Å². The van der Waals surface area contributed by atoms with E-state index >= 15 is 0 Å². The van der Waals surface area contributed by atoms with Gasteiger partial charge in [0.05, 0.1) is 19.6 Å². The number of ether oxygens (including phenoxy) is 1. The highest BCUT2D eigenvalue weighted by Crippen LogP contribution is 2.21. The number of piperidine rings is 1. The van der Waals surface area contributed by atoms with Gasteiger partial charge in [-0.1, -0.05) is 24.3 Å². The van der Waals surface area contributed by atoms with Crippen molar-refractivity contribution >= 4 is 5.91 Å². The molecule has 4 nitrogen and oxygen atoms in total. The van der Waals surface area contributed by atoms with E-state index in [1.807, 2.05) is 12.1 Å². The number of rotatable bonds is 6. The molecule has 0 radical (unpaired) electrons. The van der Waals surface area contributed by atoms with Crippen LogP contribution in [0.5, 0.6) is 5.75 Å². The van der Waals surface area contributed by atoms with Crippen LogP contribution in [-0.4, -0.2) is 43.2 Å². The molecule has 27 heavy (non-hydrogen) atoms. The number of halogens is 2. The van der Waals surface area contributed by atoms with E-state index in [1.54, 1.807) is 36.3 Å². The summed E-state index contributed by atoms with van der Waals surface area (Å²) in [6.07, 6.45) is -0.391. The minimum absolute atomic E-state index is 0.140. The van der Waals surface area contributed by atoms with E-state index in [0.717, 1.165) is 16.9 Å². The Morgan fingerprint density at radius 2 is 1.81 bits per heavy atom. The smallest absolute Gasteiger partial charge is 0.227 e. The second-order valence-corrected chi connectivity index (χ2v) is 6.75. The van der Waals surface area contributed by atoms with Crippen LogP contribution < -0.4 is 10.1 Å². The number of methoxy groups -OCH3 is 1. The lowest BCUT2D eigenvalue weighted by Crippen LogP contribution is -2.53. The summed E-state index contributed by atoms with van der Waals surface area (Å²) in [7, 11) is 1.59. The summed E-state index contributed by atoms with van der Waals surface area (Å²) in [5.74, 6) is 0.246. The molecule has 1 amide bonds. The number of carbonyl (C=O) groups excluding carboxylic acids is 1. The van der Waals surface area contributed by atoms with Crippen LogP contribution in [0.25, 0.3) is 0 Å².